The summed E-state index contributed by atoms with van der Waals surface area (Å²) < 4.78 is 76.7. The molecule has 0 fully saturated rings. The molecule has 0 amide bonds. The van der Waals surface area contributed by atoms with Crippen molar-refractivity contribution in [3.63, 3.8) is 0 Å². The average molecular weight is 764 g/mol. The summed E-state index contributed by atoms with van der Waals surface area (Å²) in [7, 11) is 0. The van der Waals surface area contributed by atoms with E-state index in [1.54, 1.807) is 0 Å². The van der Waals surface area contributed by atoms with Gasteiger partial charge in [-0.1, -0.05) is 79.8 Å². The Morgan fingerprint density at radius 1 is 0.680 bits per heavy atom. The Hall–Kier alpha value is -3.44. The van der Waals surface area contributed by atoms with Gasteiger partial charge in [0.15, 0.2) is 0 Å². The predicted molar refractivity (Wildman–Crippen MR) is 191 cm³/mol. The van der Waals surface area contributed by atoms with Gasteiger partial charge in [-0.3, -0.25) is 6.08 Å². The zero-order valence-electron chi connectivity index (χ0n) is 29.7. The molecule has 260 valence electrons. The maximum atomic E-state index is 12.7. The van der Waals surface area contributed by atoms with Crippen LogP contribution in [0.1, 0.15) is 78.6 Å². The molecule has 50 heavy (non-hydrogen) atoms. The summed E-state index contributed by atoms with van der Waals surface area (Å²) in [6.45, 7) is 17.7. The van der Waals surface area contributed by atoms with Crippen LogP contribution in [0.4, 0.5) is 26.3 Å². The molecular weight excluding hydrogens is 722 g/mol. The van der Waals surface area contributed by atoms with Crippen LogP contribution in [0.25, 0.3) is 21.5 Å². The third-order valence-electron chi connectivity index (χ3n) is 9.03. The Balaban J connectivity index is 0.000000178. The summed E-state index contributed by atoms with van der Waals surface area (Å²) in [4.78, 5) is 0. The number of rotatable bonds is 3. The second kappa shape index (κ2) is 15.4. The molecule has 0 N–H and O–H groups in total. The standard InChI is InChI=1S/C17H17.C15H8F6.C11H17.Zr/c1-10-5-14-9-15-6-11(2)13(4)8-17(15)16(14)7-12(10)3;16-14(17,18)12-5-1-3-10(8-12)7-11-4-2-6-13(9-11)15(19,20)21;1-5-9-6-7-10(8-9)11(2,3)4;/h5-9H,1-4H3;1-6,8-9H;7-9H,5H2,1-4H3;/q-1;;-1;+2. The van der Waals surface area contributed by atoms with Crippen molar-refractivity contribution < 1.29 is 50.6 Å². The van der Waals surface area contributed by atoms with Crippen molar-refractivity contribution in [2.45, 2.75) is 74.2 Å². The van der Waals surface area contributed by atoms with E-state index < -0.39 is 23.5 Å². The van der Waals surface area contributed by atoms with E-state index in [0.717, 1.165) is 48.5 Å². The quantitative estimate of drug-likeness (QED) is 0.127. The van der Waals surface area contributed by atoms with Gasteiger partial charge in [0.25, 0.3) is 0 Å². The molecule has 0 aliphatic heterocycles. The minimum absolute atomic E-state index is 0.271. The molecular formula is C43H42F6Zr. The Labute approximate surface area is 306 Å². The molecule has 1 atom stereocenters. The van der Waals surface area contributed by atoms with Crippen molar-refractivity contribution in [3.8, 4) is 0 Å². The number of halogens is 6. The minimum atomic E-state index is -4.49. The zero-order valence-corrected chi connectivity index (χ0v) is 32.2. The van der Waals surface area contributed by atoms with Crippen LogP contribution in [-0.4, -0.2) is 3.21 Å². The molecule has 1 unspecified atom stereocenters. The van der Waals surface area contributed by atoms with Crippen LogP contribution in [0.5, 0.6) is 0 Å². The zero-order chi connectivity index (χ0) is 37.2. The van der Waals surface area contributed by atoms with Gasteiger partial charge in [-0.2, -0.15) is 11.6 Å². The second-order valence-electron chi connectivity index (χ2n) is 13.9. The molecule has 5 aromatic rings. The molecule has 0 saturated carbocycles. The third-order valence-corrected chi connectivity index (χ3v) is 10.4. The van der Waals surface area contributed by atoms with Crippen LogP contribution in [0, 0.1) is 45.1 Å². The first-order valence-electron chi connectivity index (χ1n) is 16.5. The molecule has 7 heteroatoms. The van der Waals surface area contributed by atoms with E-state index in [1.165, 1.54) is 80.1 Å². The van der Waals surface area contributed by atoms with Gasteiger partial charge in [0.1, 0.15) is 0 Å². The fraction of sp³-hybridized carbons (Fsp3) is 0.302. The van der Waals surface area contributed by atoms with Crippen molar-refractivity contribution in [1.29, 1.82) is 0 Å². The van der Waals surface area contributed by atoms with Crippen LogP contribution in [0.15, 0.2) is 96.6 Å². The molecule has 0 bridgehead atoms. The summed E-state index contributed by atoms with van der Waals surface area (Å²) in [5.41, 5.74) is 6.14. The van der Waals surface area contributed by atoms with Crippen LogP contribution >= 0.6 is 0 Å². The number of benzene rings is 4. The van der Waals surface area contributed by atoms with E-state index >= 15 is 0 Å². The van der Waals surface area contributed by atoms with Gasteiger partial charge in [-0.25, -0.2) is 6.08 Å². The van der Waals surface area contributed by atoms with Gasteiger partial charge in [-0.05, 0) is 27.7 Å². The van der Waals surface area contributed by atoms with Gasteiger partial charge >= 0.3 is 137 Å². The van der Waals surface area contributed by atoms with Crippen molar-refractivity contribution in [2.24, 2.45) is 11.3 Å². The molecule has 0 nitrogen and oxygen atoms in total. The molecule has 6 rings (SSSR count). The molecule has 0 aromatic heterocycles. The Morgan fingerprint density at radius 3 is 1.44 bits per heavy atom. The van der Waals surface area contributed by atoms with Gasteiger partial charge < -0.3 is 0 Å². The third kappa shape index (κ3) is 9.66. The fourth-order valence-corrected chi connectivity index (χ4v) is 6.40. The van der Waals surface area contributed by atoms with Gasteiger partial charge in [-0.15, -0.1) is 39.7 Å². The number of fused-ring (bicyclic) bond motifs is 3. The molecule has 5 aromatic carbocycles. The summed E-state index contributed by atoms with van der Waals surface area (Å²) >= 11 is 0.729. The molecule has 1 aliphatic carbocycles. The molecule has 0 saturated heterocycles. The van der Waals surface area contributed by atoms with E-state index in [9.17, 15) is 26.3 Å². The van der Waals surface area contributed by atoms with Gasteiger partial charge in [0.2, 0.25) is 0 Å². The van der Waals surface area contributed by atoms with Crippen molar-refractivity contribution in [3.05, 3.63) is 147 Å². The summed E-state index contributed by atoms with van der Waals surface area (Å²) in [5.74, 6) is 0.573. The van der Waals surface area contributed by atoms with E-state index in [0.29, 0.717) is 14.5 Å². The Kier molecular flexibility index (Phi) is 12.1. The van der Waals surface area contributed by atoms with Crippen LogP contribution in [-0.2, 0) is 36.6 Å². The number of alkyl halides is 6. The maximum absolute atomic E-state index is 12.7. The van der Waals surface area contributed by atoms with Crippen molar-refractivity contribution in [2.75, 3.05) is 0 Å². The van der Waals surface area contributed by atoms with Crippen LogP contribution in [0.2, 0.25) is 0 Å². The summed E-state index contributed by atoms with van der Waals surface area (Å²) in [5, 5.41) is 5.53. The van der Waals surface area contributed by atoms with E-state index in [1.807, 2.05) is 0 Å². The van der Waals surface area contributed by atoms with Gasteiger partial charge in [0, 0.05) is 0 Å². The number of allylic oxidation sites excluding steroid dienone is 4. The van der Waals surface area contributed by atoms with Gasteiger partial charge in [0.05, 0.1) is 0 Å². The first kappa shape index (κ1) is 39.4. The first-order valence-corrected chi connectivity index (χ1v) is 17.7. The molecule has 0 heterocycles. The predicted octanol–water partition coefficient (Wildman–Crippen LogP) is 13.1. The molecule has 0 spiro atoms. The SMILES string of the molecule is CCC1[C-]=CC(C(C)(C)C)=C1.Cc1cc2[cH-]c3cc(C)c(C)cc3c2cc1C.FC(F)(F)c1cccc([C](=[Zr+2])c2cccc(C(F)(F)F)c2)c1. The van der Waals surface area contributed by atoms with E-state index in [4.69, 9.17) is 0 Å². The monoisotopic (exact) mass is 762 g/mol. The number of hydrogen-bond acceptors (Lipinski definition) is 0. The number of aryl methyl sites for hydroxylation is 4. The molecule has 1 aliphatic rings. The van der Waals surface area contributed by atoms with Crippen molar-refractivity contribution >= 4 is 24.8 Å². The van der Waals surface area contributed by atoms with Crippen LogP contribution in [0.3, 0.4) is 0 Å². The summed E-state index contributed by atoms with van der Waals surface area (Å²) in [6.07, 6.45) is 0.0304. The average Bonchev–Trinajstić information content (AvgIpc) is 3.66. The number of hydrogen-bond donors (Lipinski definition) is 0. The van der Waals surface area contributed by atoms with E-state index in [2.05, 4.69) is 104 Å². The van der Waals surface area contributed by atoms with Crippen molar-refractivity contribution in [1.82, 2.24) is 0 Å². The molecule has 0 radical (unpaired) electrons. The second-order valence-corrected chi connectivity index (χ2v) is 15.2. The summed E-state index contributed by atoms with van der Waals surface area (Å²) in [6, 6.07) is 20.7. The fourth-order valence-electron chi connectivity index (χ4n) is 5.63. The topological polar surface area (TPSA) is 0 Å². The first-order chi connectivity index (χ1) is 23.2. The normalized spacial score (nSPS) is 14.6. The van der Waals surface area contributed by atoms with Crippen LogP contribution < -0.4 is 0 Å². The van der Waals surface area contributed by atoms with E-state index in [-0.39, 0.29) is 11.1 Å². The Bertz CT molecular complexity index is 1940. The Morgan fingerprint density at radius 2 is 1.10 bits per heavy atom.